The maximum atomic E-state index is 3.74. The van der Waals surface area contributed by atoms with Gasteiger partial charge in [0, 0.05) is 10.7 Å². The highest BCUT2D eigenvalue weighted by molar-refractivity contribution is 9.09. The molecular weight excluding hydrogens is 352 g/mol. The Hall–Kier alpha value is 0.180. The zero-order valence-corrected chi connectivity index (χ0v) is 14.6. The Kier molecular flexibility index (Phi) is 7.55. The molecule has 2 heteroatoms. The Morgan fingerprint density at radius 3 is 2.22 bits per heavy atom. The molecule has 0 saturated carbocycles. The highest BCUT2D eigenvalue weighted by Crippen LogP contribution is 2.36. The first kappa shape index (κ1) is 16.2. The van der Waals surface area contributed by atoms with Gasteiger partial charge in [0.05, 0.1) is 0 Å². The lowest BCUT2D eigenvalue weighted by atomic mass is 9.77. The summed E-state index contributed by atoms with van der Waals surface area (Å²) >= 11 is 7.48. The van der Waals surface area contributed by atoms with E-state index in [2.05, 4.69) is 76.0 Å². The summed E-state index contributed by atoms with van der Waals surface area (Å²) in [6.45, 7) is 4.66. The molecule has 0 N–H and O–H groups in total. The van der Waals surface area contributed by atoms with Gasteiger partial charge >= 0.3 is 0 Å². The summed E-state index contributed by atoms with van der Waals surface area (Å²) < 4.78 is 0. The number of hydrogen-bond donors (Lipinski definition) is 0. The van der Waals surface area contributed by atoms with Crippen molar-refractivity contribution in [2.45, 2.75) is 39.5 Å². The fraction of sp³-hybridized carbons (Fsp3) is 0.625. The highest BCUT2D eigenvalue weighted by atomic mass is 79.9. The molecule has 0 aliphatic heterocycles. The zero-order valence-electron chi connectivity index (χ0n) is 11.5. The fourth-order valence-electron chi connectivity index (χ4n) is 2.67. The van der Waals surface area contributed by atoms with Gasteiger partial charge in [-0.25, -0.2) is 0 Å². The van der Waals surface area contributed by atoms with Gasteiger partial charge in [-0.1, -0.05) is 88.9 Å². The van der Waals surface area contributed by atoms with E-state index < -0.39 is 0 Å². The Labute approximate surface area is 129 Å². The molecule has 0 radical (unpaired) electrons. The molecule has 0 amide bonds. The fourth-order valence-corrected chi connectivity index (χ4v) is 4.46. The standard InChI is InChI=1S/C16H24Br2/c1-3-7-14(2)10-16(12-17,13-18)11-15-8-5-4-6-9-15/h4-6,8-9,14H,3,7,10-13H2,1-2H3. The number of alkyl halides is 2. The summed E-state index contributed by atoms with van der Waals surface area (Å²) in [6, 6.07) is 10.8. The lowest BCUT2D eigenvalue weighted by molar-refractivity contribution is 0.282. The number of benzene rings is 1. The Balaban J connectivity index is 2.73. The van der Waals surface area contributed by atoms with Gasteiger partial charge in [-0.05, 0) is 29.7 Å². The van der Waals surface area contributed by atoms with Crippen molar-refractivity contribution in [3.05, 3.63) is 35.9 Å². The smallest absolute Gasteiger partial charge is 0.00992 e. The second-order valence-electron chi connectivity index (χ2n) is 5.53. The lowest BCUT2D eigenvalue weighted by Gasteiger charge is -2.33. The molecule has 0 aliphatic carbocycles. The van der Waals surface area contributed by atoms with E-state index in [1.807, 2.05) is 0 Å². The van der Waals surface area contributed by atoms with E-state index >= 15 is 0 Å². The maximum Gasteiger partial charge on any atom is 0.00992 e. The van der Waals surface area contributed by atoms with Crippen LogP contribution in [0.5, 0.6) is 0 Å². The van der Waals surface area contributed by atoms with Crippen LogP contribution in [0.15, 0.2) is 30.3 Å². The molecule has 1 aromatic carbocycles. The Bertz CT molecular complexity index is 317. The van der Waals surface area contributed by atoms with Crippen LogP contribution in [0.1, 0.15) is 38.7 Å². The van der Waals surface area contributed by atoms with Crippen LogP contribution in [0, 0.1) is 11.3 Å². The van der Waals surface area contributed by atoms with Crippen LogP contribution >= 0.6 is 31.9 Å². The monoisotopic (exact) mass is 374 g/mol. The summed E-state index contributed by atoms with van der Waals surface area (Å²) in [4.78, 5) is 0. The van der Waals surface area contributed by atoms with E-state index in [1.165, 1.54) is 24.8 Å². The van der Waals surface area contributed by atoms with E-state index in [0.29, 0.717) is 5.41 Å². The first-order valence-corrected chi connectivity index (χ1v) is 9.06. The van der Waals surface area contributed by atoms with Crippen LogP contribution in [0.3, 0.4) is 0 Å². The van der Waals surface area contributed by atoms with Gasteiger partial charge in [0.2, 0.25) is 0 Å². The van der Waals surface area contributed by atoms with Gasteiger partial charge in [0.15, 0.2) is 0 Å². The molecule has 18 heavy (non-hydrogen) atoms. The van der Waals surface area contributed by atoms with Crippen molar-refractivity contribution >= 4 is 31.9 Å². The molecule has 0 aliphatic rings. The van der Waals surface area contributed by atoms with Crippen molar-refractivity contribution in [3.63, 3.8) is 0 Å². The average molecular weight is 376 g/mol. The summed E-state index contributed by atoms with van der Waals surface area (Å²) in [7, 11) is 0. The second kappa shape index (κ2) is 8.37. The van der Waals surface area contributed by atoms with Crippen LogP contribution in [0.25, 0.3) is 0 Å². The Morgan fingerprint density at radius 2 is 1.72 bits per heavy atom. The molecule has 102 valence electrons. The minimum Gasteiger partial charge on any atom is -0.0922 e. The van der Waals surface area contributed by atoms with Gasteiger partial charge in [0.1, 0.15) is 0 Å². The van der Waals surface area contributed by atoms with Crippen LogP contribution in [0.4, 0.5) is 0 Å². The SMILES string of the molecule is CCCC(C)CC(CBr)(CBr)Cc1ccccc1. The summed E-state index contributed by atoms with van der Waals surface area (Å²) in [5.41, 5.74) is 1.79. The van der Waals surface area contributed by atoms with Gasteiger partial charge in [0.25, 0.3) is 0 Å². The van der Waals surface area contributed by atoms with Gasteiger partial charge < -0.3 is 0 Å². The molecule has 0 spiro atoms. The van der Waals surface area contributed by atoms with E-state index in [1.54, 1.807) is 0 Å². The van der Waals surface area contributed by atoms with Crippen LogP contribution in [0.2, 0.25) is 0 Å². The van der Waals surface area contributed by atoms with Crippen molar-refractivity contribution in [2.75, 3.05) is 10.7 Å². The number of rotatable bonds is 8. The summed E-state index contributed by atoms with van der Waals surface area (Å²) in [5.74, 6) is 0.800. The van der Waals surface area contributed by atoms with Crippen LogP contribution in [-0.2, 0) is 6.42 Å². The second-order valence-corrected chi connectivity index (χ2v) is 6.65. The van der Waals surface area contributed by atoms with E-state index in [-0.39, 0.29) is 0 Å². The maximum absolute atomic E-state index is 3.74. The predicted molar refractivity (Wildman–Crippen MR) is 88.9 cm³/mol. The van der Waals surface area contributed by atoms with Crippen molar-refractivity contribution in [1.82, 2.24) is 0 Å². The molecule has 0 bridgehead atoms. The molecular formula is C16H24Br2. The van der Waals surface area contributed by atoms with Crippen LogP contribution in [-0.4, -0.2) is 10.7 Å². The average Bonchev–Trinajstić information content (AvgIpc) is 2.39. The van der Waals surface area contributed by atoms with E-state index in [9.17, 15) is 0 Å². The highest BCUT2D eigenvalue weighted by Gasteiger charge is 2.29. The van der Waals surface area contributed by atoms with Crippen LogP contribution < -0.4 is 0 Å². The summed E-state index contributed by atoms with van der Waals surface area (Å²) in [6.07, 6.45) is 5.05. The van der Waals surface area contributed by atoms with E-state index in [0.717, 1.165) is 23.0 Å². The lowest BCUT2D eigenvalue weighted by Crippen LogP contribution is -2.30. The topological polar surface area (TPSA) is 0 Å². The first-order valence-electron chi connectivity index (χ1n) is 6.81. The molecule has 1 rings (SSSR count). The van der Waals surface area contributed by atoms with Gasteiger partial charge in [-0.3, -0.25) is 0 Å². The third kappa shape index (κ3) is 5.05. The first-order chi connectivity index (χ1) is 8.65. The predicted octanol–water partition coefficient (Wildman–Crippen LogP) is 5.83. The molecule has 1 unspecified atom stereocenters. The zero-order chi connectivity index (χ0) is 13.4. The van der Waals surface area contributed by atoms with Crippen molar-refractivity contribution < 1.29 is 0 Å². The molecule has 1 aromatic rings. The quantitative estimate of drug-likeness (QED) is 0.501. The van der Waals surface area contributed by atoms with Gasteiger partial charge in [-0.2, -0.15) is 0 Å². The number of halogens is 2. The van der Waals surface area contributed by atoms with Gasteiger partial charge in [-0.15, -0.1) is 0 Å². The molecule has 0 nitrogen and oxygen atoms in total. The number of hydrogen-bond acceptors (Lipinski definition) is 0. The largest absolute Gasteiger partial charge is 0.0922 e. The molecule has 0 saturated heterocycles. The third-order valence-corrected chi connectivity index (χ3v) is 5.93. The Morgan fingerprint density at radius 1 is 1.11 bits per heavy atom. The van der Waals surface area contributed by atoms with Crippen molar-refractivity contribution in [1.29, 1.82) is 0 Å². The summed E-state index contributed by atoms with van der Waals surface area (Å²) in [5, 5.41) is 2.13. The van der Waals surface area contributed by atoms with Crippen molar-refractivity contribution in [3.8, 4) is 0 Å². The molecule has 0 heterocycles. The van der Waals surface area contributed by atoms with E-state index in [4.69, 9.17) is 0 Å². The molecule has 0 aromatic heterocycles. The molecule has 1 atom stereocenters. The third-order valence-electron chi connectivity index (χ3n) is 3.55. The minimum atomic E-state index is 0.343. The normalized spacial score (nSPS) is 13.6. The molecule has 0 fully saturated rings. The van der Waals surface area contributed by atoms with Crippen molar-refractivity contribution in [2.24, 2.45) is 11.3 Å². The minimum absolute atomic E-state index is 0.343.